The Balaban J connectivity index is 1.94. The lowest BCUT2D eigenvalue weighted by Gasteiger charge is -2.26. The first-order valence-corrected chi connectivity index (χ1v) is 6.35. The van der Waals surface area contributed by atoms with Crippen LogP contribution in [-0.4, -0.2) is 49.7 Å². The Morgan fingerprint density at radius 1 is 1.39 bits per heavy atom. The van der Waals surface area contributed by atoms with E-state index in [1.54, 1.807) is 7.11 Å². The van der Waals surface area contributed by atoms with E-state index in [0.717, 1.165) is 25.1 Å². The Morgan fingerprint density at radius 2 is 2.17 bits per heavy atom. The zero-order chi connectivity index (χ0) is 12.8. The molecule has 1 fully saturated rings. The zero-order valence-corrected chi connectivity index (χ0v) is 10.8. The van der Waals surface area contributed by atoms with Gasteiger partial charge in [-0.3, -0.25) is 4.90 Å². The third-order valence-electron chi connectivity index (χ3n) is 3.40. The molecule has 1 aromatic rings. The first-order chi connectivity index (χ1) is 8.85. The van der Waals surface area contributed by atoms with Gasteiger partial charge in [0.15, 0.2) is 0 Å². The molecule has 1 aliphatic rings. The maximum atomic E-state index is 9.60. The lowest BCUT2D eigenvalue weighted by Crippen LogP contribution is -2.30. The summed E-state index contributed by atoms with van der Waals surface area (Å²) < 4.78 is 10.5. The molecule has 4 heteroatoms. The van der Waals surface area contributed by atoms with Gasteiger partial charge in [-0.1, -0.05) is 30.3 Å². The normalized spacial score (nSPS) is 22.2. The van der Waals surface area contributed by atoms with Crippen molar-refractivity contribution in [3.63, 3.8) is 0 Å². The topological polar surface area (TPSA) is 41.9 Å². The molecule has 1 saturated heterocycles. The Bertz CT molecular complexity index is 344. The second-order valence-corrected chi connectivity index (χ2v) is 4.59. The summed E-state index contributed by atoms with van der Waals surface area (Å²) in [6.45, 7) is 2.28. The standard InChI is InChI=1S/C14H21NO3/c1-17-11-18-13-7-8-15(9-13)14(10-16)12-5-3-2-4-6-12/h2-6,13-14,16H,7-11H2,1H3/t13-,14+/m0/s1. The molecule has 0 radical (unpaired) electrons. The maximum Gasteiger partial charge on any atom is 0.146 e. The van der Waals surface area contributed by atoms with E-state index < -0.39 is 0 Å². The van der Waals surface area contributed by atoms with Crippen molar-refractivity contribution in [3.05, 3.63) is 35.9 Å². The second kappa shape index (κ2) is 6.85. The van der Waals surface area contributed by atoms with Crippen molar-refractivity contribution in [2.75, 3.05) is 33.6 Å². The minimum absolute atomic E-state index is 0.0716. The summed E-state index contributed by atoms with van der Waals surface area (Å²) in [7, 11) is 1.63. The number of aliphatic hydroxyl groups excluding tert-OH is 1. The molecule has 2 atom stereocenters. The van der Waals surface area contributed by atoms with E-state index in [1.807, 2.05) is 18.2 Å². The highest BCUT2D eigenvalue weighted by Crippen LogP contribution is 2.25. The van der Waals surface area contributed by atoms with Crippen LogP contribution in [0, 0.1) is 0 Å². The molecule has 0 aliphatic carbocycles. The van der Waals surface area contributed by atoms with E-state index in [-0.39, 0.29) is 18.8 Å². The molecule has 0 aromatic heterocycles. The average Bonchev–Trinajstić information content (AvgIpc) is 2.87. The second-order valence-electron chi connectivity index (χ2n) is 4.59. The number of hydrogen-bond donors (Lipinski definition) is 1. The van der Waals surface area contributed by atoms with Crippen LogP contribution in [0.15, 0.2) is 30.3 Å². The fraction of sp³-hybridized carbons (Fsp3) is 0.571. The van der Waals surface area contributed by atoms with Crippen LogP contribution in [0.3, 0.4) is 0 Å². The van der Waals surface area contributed by atoms with Crippen LogP contribution < -0.4 is 0 Å². The van der Waals surface area contributed by atoms with Gasteiger partial charge >= 0.3 is 0 Å². The molecule has 1 N–H and O–H groups in total. The summed E-state index contributed by atoms with van der Waals surface area (Å²) >= 11 is 0. The van der Waals surface area contributed by atoms with Crippen LogP contribution in [0.4, 0.5) is 0 Å². The number of benzene rings is 1. The molecule has 0 amide bonds. The van der Waals surface area contributed by atoms with E-state index >= 15 is 0 Å². The monoisotopic (exact) mass is 251 g/mol. The quantitative estimate of drug-likeness (QED) is 0.776. The van der Waals surface area contributed by atoms with Crippen LogP contribution in [-0.2, 0) is 9.47 Å². The third-order valence-corrected chi connectivity index (χ3v) is 3.40. The number of ether oxygens (including phenoxy) is 2. The number of nitrogens with zero attached hydrogens (tertiary/aromatic N) is 1. The molecule has 18 heavy (non-hydrogen) atoms. The van der Waals surface area contributed by atoms with E-state index in [1.165, 1.54) is 0 Å². The first-order valence-electron chi connectivity index (χ1n) is 6.35. The number of aliphatic hydroxyl groups is 1. The Hall–Kier alpha value is -0.940. The van der Waals surface area contributed by atoms with Gasteiger partial charge in [-0.2, -0.15) is 0 Å². The van der Waals surface area contributed by atoms with Crippen molar-refractivity contribution in [3.8, 4) is 0 Å². The fourth-order valence-corrected chi connectivity index (χ4v) is 2.44. The van der Waals surface area contributed by atoms with Gasteiger partial charge in [-0.15, -0.1) is 0 Å². The van der Waals surface area contributed by atoms with Gasteiger partial charge in [0, 0.05) is 20.2 Å². The molecule has 0 bridgehead atoms. The summed E-state index contributed by atoms with van der Waals surface area (Å²) in [5.74, 6) is 0. The lowest BCUT2D eigenvalue weighted by atomic mass is 10.1. The third kappa shape index (κ3) is 3.29. The van der Waals surface area contributed by atoms with Crippen LogP contribution in [0.2, 0.25) is 0 Å². The van der Waals surface area contributed by atoms with Crippen molar-refractivity contribution >= 4 is 0 Å². The lowest BCUT2D eigenvalue weighted by molar-refractivity contribution is -0.0684. The molecule has 1 heterocycles. The summed E-state index contributed by atoms with van der Waals surface area (Å²) in [5.41, 5.74) is 1.16. The fourth-order valence-electron chi connectivity index (χ4n) is 2.44. The molecule has 0 unspecified atom stereocenters. The minimum Gasteiger partial charge on any atom is -0.394 e. The highest BCUT2D eigenvalue weighted by atomic mass is 16.7. The predicted molar refractivity (Wildman–Crippen MR) is 69.2 cm³/mol. The summed E-state index contributed by atoms with van der Waals surface area (Å²) in [5, 5.41) is 9.60. The van der Waals surface area contributed by atoms with Crippen molar-refractivity contribution in [2.24, 2.45) is 0 Å². The van der Waals surface area contributed by atoms with Gasteiger partial charge in [-0.05, 0) is 12.0 Å². The SMILES string of the molecule is COCO[C@H]1CCN([C@H](CO)c2ccccc2)C1. The molecular weight excluding hydrogens is 230 g/mol. The van der Waals surface area contributed by atoms with Crippen molar-refractivity contribution in [1.29, 1.82) is 0 Å². The number of likely N-dealkylation sites (tertiary alicyclic amines) is 1. The Labute approximate surface area is 108 Å². The van der Waals surface area contributed by atoms with E-state index in [0.29, 0.717) is 6.79 Å². The van der Waals surface area contributed by atoms with Gasteiger partial charge in [0.2, 0.25) is 0 Å². The summed E-state index contributed by atoms with van der Waals surface area (Å²) in [6, 6.07) is 10.2. The van der Waals surface area contributed by atoms with Crippen molar-refractivity contribution in [1.82, 2.24) is 4.90 Å². The molecule has 4 nitrogen and oxygen atoms in total. The van der Waals surface area contributed by atoms with E-state index in [2.05, 4.69) is 17.0 Å². The molecule has 0 spiro atoms. The maximum absolute atomic E-state index is 9.60. The Kier molecular flexibility index (Phi) is 5.13. The van der Waals surface area contributed by atoms with Crippen molar-refractivity contribution in [2.45, 2.75) is 18.6 Å². The summed E-state index contributed by atoms with van der Waals surface area (Å²) in [6.07, 6.45) is 1.20. The number of hydrogen-bond acceptors (Lipinski definition) is 4. The number of rotatable bonds is 6. The van der Waals surface area contributed by atoms with Crippen LogP contribution in [0.25, 0.3) is 0 Å². The first kappa shape index (κ1) is 13.5. The highest BCUT2D eigenvalue weighted by molar-refractivity contribution is 5.19. The van der Waals surface area contributed by atoms with Gasteiger partial charge in [0.1, 0.15) is 6.79 Å². The zero-order valence-electron chi connectivity index (χ0n) is 10.8. The van der Waals surface area contributed by atoms with Gasteiger partial charge in [0.25, 0.3) is 0 Å². The highest BCUT2D eigenvalue weighted by Gasteiger charge is 2.29. The molecule has 2 rings (SSSR count). The van der Waals surface area contributed by atoms with Crippen LogP contribution in [0.5, 0.6) is 0 Å². The minimum atomic E-state index is 0.0716. The van der Waals surface area contributed by atoms with Crippen LogP contribution in [0.1, 0.15) is 18.0 Å². The summed E-state index contributed by atoms with van der Waals surface area (Å²) in [4.78, 5) is 2.27. The molecule has 0 saturated carbocycles. The predicted octanol–water partition coefficient (Wildman–Crippen LogP) is 1.41. The Morgan fingerprint density at radius 3 is 2.83 bits per heavy atom. The number of methoxy groups -OCH3 is 1. The van der Waals surface area contributed by atoms with Gasteiger partial charge < -0.3 is 14.6 Å². The van der Waals surface area contributed by atoms with Gasteiger partial charge in [-0.25, -0.2) is 0 Å². The van der Waals surface area contributed by atoms with E-state index in [4.69, 9.17) is 9.47 Å². The van der Waals surface area contributed by atoms with E-state index in [9.17, 15) is 5.11 Å². The van der Waals surface area contributed by atoms with Crippen molar-refractivity contribution < 1.29 is 14.6 Å². The van der Waals surface area contributed by atoms with Gasteiger partial charge in [0.05, 0.1) is 18.8 Å². The average molecular weight is 251 g/mol. The van der Waals surface area contributed by atoms with Crippen LogP contribution >= 0.6 is 0 Å². The molecular formula is C14H21NO3. The smallest absolute Gasteiger partial charge is 0.146 e. The molecule has 100 valence electrons. The molecule has 1 aromatic carbocycles. The molecule has 1 aliphatic heterocycles. The largest absolute Gasteiger partial charge is 0.394 e.